The highest BCUT2D eigenvalue weighted by molar-refractivity contribution is 6.21. The van der Waals surface area contributed by atoms with Gasteiger partial charge in [0.15, 0.2) is 0 Å². The fraction of sp³-hybridized carbons (Fsp3) is 1.00. The van der Waals surface area contributed by atoms with Crippen LogP contribution in [0.2, 0.25) is 0 Å². The number of nitro groups is 1. The van der Waals surface area contributed by atoms with Crippen LogP contribution in [0.5, 0.6) is 0 Å². The zero-order valence-corrected chi connectivity index (χ0v) is 4.13. The van der Waals surface area contributed by atoms with Gasteiger partial charge in [-0.3, -0.25) is 10.1 Å². The van der Waals surface area contributed by atoms with Gasteiger partial charge in [-0.15, -0.1) is 9.30 Å². The van der Waals surface area contributed by atoms with E-state index in [1.807, 2.05) is 0 Å². The van der Waals surface area contributed by atoms with Gasteiger partial charge >= 0.3 is 5.38 Å². The monoisotopic (exact) mass is 142 g/mol. The summed E-state index contributed by atoms with van der Waals surface area (Å²) in [5, 5.41) is 6.93. The van der Waals surface area contributed by atoms with E-state index in [1.165, 1.54) is 5.18 Å². The minimum Gasteiger partial charge on any atom is -0.259 e. The van der Waals surface area contributed by atoms with Crippen molar-refractivity contribution < 1.29 is 9.31 Å². The first-order valence-electron chi connectivity index (χ1n) is 1.37. The van der Waals surface area contributed by atoms with Gasteiger partial charge in [0.25, 0.3) is 0 Å². The Morgan fingerprint density at radius 2 is 2.25 bits per heavy atom. The highest BCUT2D eigenvalue weighted by Crippen LogP contribution is 2.17. The molecular weight excluding hydrogens is 142 g/mol. The van der Waals surface area contributed by atoms with Gasteiger partial charge in [-0.1, -0.05) is 0 Å². The second kappa shape index (κ2) is 1.99. The molecule has 0 aliphatic rings. The summed E-state index contributed by atoms with van der Waals surface area (Å²) in [6.45, 7) is 0. The third kappa shape index (κ3) is 1.38. The molecule has 0 spiro atoms. The van der Waals surface area contributed by atoms with Crippen molar-refractivity contribution in [1.82, 2.24) is 0 Å². The summed E-state index contributed by atoms with van der Waals surface area (Å²) in [4.78, 5) is 16.7. The van der Waals surface area contributed by atoms with Gasteiger partial charge in [0.05, 0.1) is 5.18 Å². The van der Waals surface area contributed by atoms with E-state index in [1.54, 1.807) is 0 Å². The van der Waals surface area contributed by atoms with Crippen LogP contribution < -0.4 is 0 Å². The number of rotatable bonds is 2. The normalized spacial score (nSPS) is 16.8. The van der Waals surface area contributed by atoms with Crippen molar-refractivity contribution in [3.63, 3.8) is 0 Å². The molecule has 5 nitrogen and oxygen atoms in total. The molecule has 7 heteroatoms. The van der Waals surface area contributed by atoms with Crippen LogP contribution >= 0.6 is 11.6 Å². The van der Waals surface area contributed by atoms with E-state index in [2.05, 4.69) is 11.6 Å². The molecule has 0 aromatic carbocycles. The first kappa shape index (κ1) is 7.22. The van der Waals surface area contributed by atoms with Crippen molar-refractivity contribution in [2.45, 2.75) is 5.38 Å². The summed E-state index contributed by atoms with van der Waals surface area (Å²) in [5.41, 5.74) is 0. The van der Waals surface area contributed by atoms with E-state index >= 15 is 0 Å². The van der Waals surface area contributed by atoms with Crippen molar-refractivity contribution in [3.8, 4) is 0 Å². The minimum absolute atomic E-state index is 1.37. The van der Waals surface area contributed by atoms with E-state index in [0.717, 1.165) is 0 Å². The van der Waals surface area contributed by atoms with Gasteiger partial charge in [0, 0.05) is 11.6 Å². The van der Waals surface area contributed by atoms with Crippen LogP contribution in [-0.2, 0) is 0 Å². The Balaban J connectivity index is 4.12. The predicted molar refractivity (Wildman–Crippen MR) is 22.5 cm³/mol. The van der Waals surface area contributed by atoms with Gasteiger partial charge < -0.3 is 0 Å². The van der Waals surface area contributed by atoms with Gasteiger partial charge in [0.1, 0.15) is 4.92 Å². The lowest BCUT2D eigenvalue weighted by atomic mass is 11.1. The Hall–Kier alpha value is -0.780. The topological polar surface area (TPSA) is 72.6 Å². The number of hydrogen-bond donors (Lipinski definition) is 0. The summed E-state index contributed by atoms with van der Waals surface area (Å²) in [6, 6.07) is 0. The maximum atomic E-state index is 11.5. The van der Waals surface area contributed by atoms with Crippen molar-refractivity contribution in [1.29, 1.82) is 0 Å². The van der Waals surface area contributed by atoms with E-state index < -0.39 is 10.3 Å². The highest BCUT2D eigenvalue weighted by atomic mass is 35.5. The van der Waals surface area contributed by atoms with Crippen molar-refractivity contribution in [2.24, 2.45) is 5.18 Å². The molecule has 1 unspecified atom stereocenters. The Morgan fingerprint density at radius 3 is 2.25 bits per heavy atom. The van der Waals surface area contributed by atoms with E-state index in [-0.39, 0.29) is 0 Å². The molecule has 0 rings (SSSR count). The van der Waals surface area contributed by atoms with Crippen LogP contribution in [0, 0.1) is 15.0 Å². The van der Waals surface area contributed by atoms with Crippen LogP contribution in [0.4, 0.5) is 4.39 Å². The van der Waals surface area contributed by atoms with Crippen LogP contribution in [-0.4, -0.2) is 10.3 Å². The molecule has 0 saturated heterocycles. The maximum absolute atomic E-state index is 11.5. The second-order valence-electron chi connectivity index (χ2n) is 0.858. The predicted octanol–water partition coefficient (Wildman–Crippen LogP) is 0.849. The molecule has 8 heavy (non-hydrogen) atoms. The highest BCUT2D eigenvalue weighted by Gasteiger charge is 2.42. The molecule has 0 aliphatic heterocycles. The summed E-state index contributed by atoms with van der Waals surface area (Å²) >= 11 is 4.21. The molecule has 1 atom stereocenters. The molecule has 0 amide bonds. The summed E-state index contributed by atoms with van der Waals surface area (Å²) < 4.78 is 11.5. The van der Waals surface area contributed by atoms with Crippen molar-refractivity contribution in [3.05, 3.63) is 15.0 Å². The van der Waals surface area contributed by atoms with Gasteiger partial charge in [-0.25, -0.2) is 0 Å². The van der Waals surface area contributed by atoms with E-state index in [9.17, 15) is 14.5 Å². The van der Waals surface area contributed by atoms with Crippen LogP contribution in [0.3, 0.4) is 0 Å². The fourth-order valence-electron chi connectivity index (χ4n) is 0.0333. The Bertz CT molecular complexity index is 124. The van der Waals surface area contributed by atoms with Crippen LogP contribution in [0.25, 0.3) is 0 Å². The zero-order valence-electron chi connectivity index (χ0n) is 3.38. The number of nitrogens with zero attached hydrogens (tertiary/aromatic N) is 2. The largest absolute Gasteiger partial charge is 0.579 e. The molecule has 46 valence electrons. The standard InChI is InChI=1S/CClFN2O3/c2-1(3,4-6)5(7)8. The third-order valence-corrected chi connectivity index (χ3v) is 0.537. The zero-order chi connectivity index (χ0) is 6.78. The average Bonchev–Trinajstić information content (AvgIpc) is 1.67. The van der Waals surface area contributed by atoms with Crippen molar-refractivity contribution in [2.75, 3.05) is 0 Å². The lowest BCUT2D eigenvalue weighted by Gasteiger charge is -1.93. The maximum Gasteiger partial charge on any atom is 0.579 e. The summed E-state index contributed by atoms with van der Waals surface area (Å²) in [7, 11) is 0. The van der Waals surface area contributed by atoms with Crippen molar-refractivity contribution >= 4 is 11.6 Å². The Morgan fingerprint density at radius 1 is 1.88 bits per heavy atom. The number of hydrogen-bond acceptors (Lipinski definition) is 4. The molecule has 0 aromatic heterocycles. The number of alkyl halides is 2. The second-order valence-corrected chi connectivity index (χ2v) is 1.34. The molecule has 0 saturated carbocycles. The van der Waals surface area contributed by atoms with Gasteiger partial charge in [-0.05, 0) is 0 Å². The van der Waals surface area contributed by atoms with E-state index in [4.69, 9.17) is 4.91 Å². The SMILES string of the molecule is O=NC(F)(Cl)[N+](=O)[O-]. The molecule has 0 fully saturated rings. The molecule has 0 heterocycles. The molecule has 0 N–H and O–H groups in total. The number of nitroso groups, excluding NO2 is 1. The summed E-state index contributed by atoms with van der Waals surface area (Å²) in [6.07, 6.45) is 0. The average molecular weight is 142 g/mol. The molecule has 0 bridgehead atoms. The van der Waals surface area contributed by atoms with Gasteiger partial charge in [-0.2, -0.15) is 0 Å². The molecule has 0 aliphatic carbocycles. The van der Waals surface area contributed by atoms with E-state index in [0.29, 0.717) is 0 Å². The fourth-order valence-corrected chi connectivity index (χ4v) is 0.0333. The molecule has 0 radical (unpaired) electrons. The van der Waals surface area contributed by atoms with Crippen LogP contribution in [0.1, 0.15) is 0 Å². The minimum atomic E-state index is -3.69. The first-order valence-corrected chi connectivity index (χ1v) is 1.75. The van der Waals surface area contributed by atoms with Crippen LogP contribution in [0.15, 0.2) is 5.18 Å². The smallest absolute Gasteiger partial charge is 0.259 e. The first-order chi connectivity index (χ1) is 3.50. The summed E-state index contributed by atoms with van der Waals surface area (Å²) in [5.74, 6) is 0. The molecular formula is CClFN2O3. The van der Waals surface area contributed by atoms with Gasteiger partial charge in [0.2, 0.25) is 0 Å². The molecule has 0 aromatic rings. The lowest BCUT2D eigenvalue weighted by molar-refractivity contribution is -0.573. The third-order valence-electron chi connectivity index (χ3n) is 0.329. The Kier molecular flexibility index (Phi) is 1.80. The Labute approximate surface area is 47.6 Å². The lowest BCUT2D eigenvalue weighted by Crippen LogP contribution is -2.21. The quantitative estimate of drug-likeness (QED) is 0.189. The number of halogens is 2.